The van der Waals surface area contributed by atoms with E-state index >= 15 is 0 Å². The van der Waals surface area contributed by atoms with Crippen molar-refractivity contribution in [1.82, 2.24) is 9.29 Å². The van der Waals surface area contributed by atoms with Gasteiger partial charge in [-0.3, -0.25) is 4.79 Å². The molecule has 1 aliphatic heterocycles. The molecule has 0 amide bonds. The quantitative estimate of drug-likeness (QED) is 0.924. The lowest BCUT2D eigenvalue weighted by atomic mass is 9.96. The van der Waals surface area contributed by atoms with Crippen molar-refractivity contribution in [3.63, 3.8) is 0 Å². The van der Waals surface area contributed by atoms with Gasteiger partial charge in [0.25, 0.3) is 0 Å². The smallest absolute Gasteiger partial charge is 0.248 e. The molecule has 0 radical (unpaired) electrons. The molecule has 1 fully saturated rings. The van der Waals surface area contributed by atoms with E-state index < -0.39 is 15.5 Å². The highest BCUT2D eigenvalue weighted by Gasteiger charge is 2.29. The van der Waals surface area contributed by atoms with Crippen molar-refractivity contribution >= 4 is 10.0 Å². The monoisotopic (exact) mass is 298 g/mol. The molecule has 1 aromatic heterocycles. The molecule has 0 aromatic carbocycles. The van der Waals surface area contributed by atoms with Crippen LogP contribution in [0.4, 0.5) is 0 Å². The normalized spacial score (nSPS) is 21.6. The Hall–Kier alpha value is -1.14. The number of aromatic amines is 1. The van der Waals surface area contributed by atoms with Crippen LogP contribution in [-0.2, 0) is 10.0 Å². The van der Waals surface area contributed by atoms with E-state index in [9.17, 15) is 13.2 Å². The molecule has 0 spiro atoms. The molecule has 1 atom stereocenters. The van der Waals surface area contributed by atoms with Crippen LogP contribution in [-0.4, -0.2) is 30.8 Å². The highest BCUT2D eigenvalue weighted by molar-refractivity contribution is 7.89. The molecule has 1 N–H and O–H groups in total. The van der Waals surface area contributed by atoms with Gasteiger partial charge in [0.15, 0.2) is 0 Å². The average Bonchev–Trinajstić information content (AvgIpc) is 2.65. The zero-order chi connectivity index (χ0) is 14.6. The second kappa shape index (κ2) is 6.54. The van der Waals surface area contributed by atoms with Crippen molar-refractivity contribution in [2.45, 2.75) is 43.9 Å². The summed E-state index contributed by atoms with van der Waals surface area (Å²) in [5.41, 5.74) is -0.446. The summed E-state index contributed by atoms with van der Waals surface area (Å²) in [5.74, 6) is 0.606. The standard InChI is InChI=1S/C14H22N2O3S/c1-2-4-12-5-3-9-16(10-7-12)20(18,19)14-11-15-8-6-13(14)17/h6,8,11-12H,2-5,7,9-10H2,1H3,(H,15,17). The van der Waals surface area contributed by atoms with Crippen LogP contribution in [0.3, 0.4) is 0 Å². The maximum absolute atomic E-state index is 12.5. The fourth-order valence-corrected chi connectivity index (χ4v) is 4.35. The van der Waals surface area contributed by atoms with E-state index in [4.69, 9.17) is 0 Å². The SMILES string of the molecule is CCCC1CCCN(S(=O)(=O)c2c[nH]ccc2=O)CC1. The van der Waals surface area contributed by atoms with E-state index in [1.807, 2.05) is 0 Å². The Balaban J connectivity index is 2.19. The Kier molecular flexibility index (Phi) is 4.99. The second-order valence-corrected chi connectivity index (χ2v) is 7.27. The fourth-order valence-electron chi connectivity index (χ4n) is 2.82. The Morgan fingerprint density at radius 2 is 2.15 bits per heavy atom. The van der Waals surface area contributed by atoms with Gasteiger partial charge in [-0.1, -0.05) is 19.8 Å². The van der Waals surface area contributed by atoms with Crippen LogP contribution < -0.4 is 5.43 Å². The molecular weight excluding hydrogens is 276 g/mol. The van der Waals surface area contributed by atoms with Crippen LogP contribution in [0.25, 0.3) is 0 Å². The first-order valence-electron chi connectivity index (χ1n) is 7.23. The first kappa shape index (κ1) is 15.3. The van der Waals surface area contributed by atoms with Crippen LogP contribution in [0.2, 0.25) is 0 Å². The summed E-state index contributed by atoms with van der Waals surface area (Å²) in [5, 5.41) is 0. The van der Waals surface area contributed by atoms with Crippen molar-refractivity contribution in [1.29, 1.82) is 0 Å². The van der Waals surface area contributed by atoms with Gasteiger partial charge in [0.2, 0.25) is 15.5 Å². The summed E-state index contributed by atoms with van der Waals surface area (Å²) in [6.07, 6.45) is 7.85. The van der Waals surface area contributed by atoms with Crippen molar-refractivity contribution in [2.75, 3.05) is 13.1 Å². The van der Waals surface area contributed by atoms with E-state index in [-0.39, 0.29) is 4.90 Å². The number of nitrogens with one attached hydrogen (secondary N) is 1. The third-order valence-electron chi connectivity index (χ3n) is 3.91. The number of aromatic nitrogens is 1. The topological polar surface area (TPSA) is 70.2 Å². The molecule has 1 unspecified atom stereocenters. The van der Waals surface area contributed by atoms with Crippen LogP contribution in [0, 0.1) is 5.92 Å². The summed E-state index contributed by atoms with van der Waals surface area (Å²) in [4.78, 5) is 14.3. The zero-order valence-electron chi connectivity index (χ0n) is 11.8. The highest BCUT2D eigenvalue weighted by atomic mass is 32.2. The van der Waals surface area contributed by atoms with Gasteiger partial charge in [0.05, 0.1) is 0 Å². The number of pyridine rings is 1. The van der Waals surface area contributed by atoms with Gasteiger partial charge in [-0.15, -0.1) is 0 Å². The predicted molar refractivity (Wildman–Crippen MR) is 78.1 cm³/mol. The molecule has 1 aliphatic rings. The maximum Gasteiger partial charge on any atom is 0.248 e. The summed E-state index contributed by atoms with van der Waals surface area (Å²) in [6, 6.07) is 1.25. The van der Waals surface area contributed by atoms with Crippen LogP contribution in [0.1, 0.15) is 39.0 Å². The number of sulfonamides is 1. The largest absolute Gasteiger partial charge is 0.366 e. The summed E-state index contributed by atoms with van der Waals surface area (Å²) < 4.78 is 26.5. The van der Waals surface area contributed by atoms with Gasteiger partial charge in [0.1, 0.15) is 4.90 Å². The highest BCUT2D eigenvalue weighted by Crippen LogP contribution is 2.24. The van der Waals surface area contributed by atoms with Gasteiger partial charge in [0, 0.05) is 31.5 Å². The van der Waals surface area contributed by atoms with Crippen LogP contribution in [0.15, 0.2) is 28.2 Å². The van der Waals surface area contributed by atoms with Gasteiger partial charge >= 0.3 is 0 Å². The lowest BCUT2D eigenvalue weighted by molar-refractivity contribution is 0.399. The lowest BCUT2D eigenvalue weighted by Crippen LogP contribution is -2.34. The summed E-state index contributed by atoms with van der Waals surface area (Å²) in [7, 11) is -3.66. The molecular formula is C14H22N2O3S. The van der Waals surface area contributed by atoms with Crippen molar-refractivity contribution in [3.8, 4) is 0 Å². The van der Waals surface area contributed by atoms with Crippen molar-refractivity contribution in [3.05, 3.63) is 28.7 Å². The van der Waals surface area contributed by atoms with Crippen molar-refractivity contribution in [2.24, 2.45) is 5.92 Å². The van der Waals surface area contributed by atoms with Crippen LogP contribution in [0.5, 0.6) is 0 Å². The molecule has 0 aliphatic carbocycles. The molecule has 0 bridgehead atoms. The molecule has 20 heavy (non-hydrogen) atoms. The van der Waals surface area contributed by atoms with E-state index in [0.29, 0.717) is 19.0 Å². The predicted octanol–water partition coefficient (Wildman–Crippen LogP) is 1.97. The molecule has 2 rings (SSSR count). The molecule has 0 saturated carbocycles. The second-order valence-electron chi connectivity index (χ2n) is 5.36. The third kappa shape index (κ3) is 3.30. The van der Waals surface area contributed by atoms with Gasteiger partial charge < -0.3 is 4.98 Å². The Labute approximate surface area is 120 Å². The molecule has 1 saturated heterocycles. The van der Waals surface area contributed by atoms with Gasteiger partial charge in [-0.25, -0.2) is 8.42 Å². The Morgan fingerprint density at radius 1 is 1.35 bits per heavy atom. The Morgan fingerprint density at radius 3 is 2.85 bits per heavy atom. The minimum atomic E-state index is -3.66. The minimum absolute atomic E-state index is 0.144. The first-order chi connectivity index (χ1) is 9.55. The molecule has 6 heteroatoms. The molecule has 1 aromatic rings. The number of hydrogen-bond acceptors (Lipinski definition) is 3. The number of rotatable bonds is 4. The van der Waals surface area contributed by atoms with Gasteiger partial charge in [-0.2, -0.15) is 4.31 Å². The van der Waals surface area contributed by atoms with Crippen molar-refractivity contribution < 1.29 is 8.42 Å². The zero-order valence-corrected chi connectivity index (χ0v) is 12.7. The van der Waals surface area contributed by atoms with Crippen LogP contribution >= 0.6 is 0 Å². The fraction of sp³-hybridized carbons (Fsp3) is 0.643. The van der Waals surface area contributed by atoms with E-state index in [0.717, 1.165) is 32.1 Å². The number of hydrogen-bond donors (Lipinski definition) is 1. The van der Waals surface area contributed by atoms with E-state index in [1.54, 1.807) is 0 Å². The van der Waals surface area contributed by atoms with E-state index in [2.05, 4.69) is 11.9 Å². The van der Waals surface area contributed by atoms with Gasteiger partial charge in [-0.05, 0) is 25.2 Å². The number of H-pyrrole nitrogens is 1. The third-order valence-corrected chi connectivity index (χ3v) is 5.83. The Bertz CT molecular complexity index is 594. The minimum Gasteiger partial charge on any atom is -0.366 e. The number of nitrogens with zero attached hydrogens (tertiary/aromatic N) is 1. The first-order valence-corrected chi connectivity index (χ1v) is 8.67. The molecule has 2 heterocycles. The lowest BCUT2D eigenvalue weighted by Gasteiger charge is -2.19. The average molecular weight is 298 g/mol. The summed E-state index contributed by atoms with van der Waals surface area (Å²) in [6.45, 7) is 3.18. The maximum atomic E-state index is 12.5. The van der Waals surface area contributed by atoms with E-state index in [1.165, 1.54) is 22.8 Å². The summed E-state index contributed by atoms with van der Waals surface area (Å²) >= 11 is 0. The molecule has 112 valence electrons. The molecule has 5 nitrogen and oxygen atoms in total.